The number of carbonyl (C=O) groups excluding carboxylic acids is 3. The van der Waals surface area contributed by atoms with Crippen LogP contribution in [0.2, 0.25) is 0 Å². The highest BCUT2D eigenvalue weighted by atomic mass is 16.4. The minimum absolute atomic E-state index is 0.289. The smallest absolute Gasteiger partial charge is 0.336 e. The van der Waals surface area contributed by atoms with Crippen LogP contribution < -0.4 is 16.3 Å². The molecule has 27 heavy (non-hydrogen) atoms. The SMILES string of the molecule is CC(=O)N[C@@H](CCCCCC=O)C(=O)Nc1ccc2c(C)cc(=O)oc2c1. The summed E-state index contributed by atoms with van der Waals surface area (Å²) in [7, 11) is 0. The maximum atomic E-state index is 12.6. The third kappa shape index (κ3) is 6.06. The van der Waals surface area contributed by atoms with E-state index in [0.717, 1.165) is 36.5 Å². The van der Waals surface area contributed by atoms with Crippen molar-refractivity contribution in [1.82, 2.24) is 5.32 Å². The number of aldehydes is 1. The number of hydrogen-bond acceptors (Lipinski definition) is 5. The van der Waals surface area contributed by atoms with Gasteiger partial charge in [-0.2, -0.15) is 0 Å². The Bertz CT molecular complexity index is 888. The lowest BCUT2D eigenvalue weighted by Crippen LogP contribution is -2.42. The van der Waals surface area contributed by atoms with Gasteiger partial charge in [-0.3, -0.25) is 9.59 Å². The standard InChI is InChI=1S/C20H24N2O5/c1-13-11-19(25)27-18-12-15(8-9-16(13)18)22-20(26)17(21-14(2)24)7-5-3-4-6-10-23/h8-12,17H,3-7H2,1-2H3,(H,21,24)(H,22,26)/t17-/m0/s1. The van der Waals surface area contributed by atoms with Gasteiger partial charge in [-0.25, -0.2) is 4.79 Å². The first-order valence-electron chi connectivity index (χ1n) is 8.97. The highest BCUT2D eigenvalue weighted by molar-refractivity contribution is 5.98. The van der Waals surface area contributed by atoms with Gasteiger partial charge >= 0.3 is 5.63 Å². The Morgan fingerprint density at radius 1 is 1.19 bits per heavy atom. The maximum absolute atomic E-state index is 12.6. The van der Waals surface area contributed by atoms with E-state index in [9.17, 15) is 19.2 Å². The van der Waals surface area contributed by atoms with E-state index in [2.05, 4.69) is 10.6 Å². The van der Waals surface area contributed by atoms with Crippen LogP contribution in [-0.4, -0.2) is 24.1 Å². The fourth-order valence-corrected chi connectivity index (χ4v) is 2.90. The van der Waals surface area contributed by atoms with E-state index >= 15 is 0 Å². The fourth-order valence-electron chi connectivity index (χ4n) is 2.90. The Morgan fingerprint density at radius 3 is 2.67 bits per heavy atom. The van der Waals surface area contributed by atoms with Crippen molar-refractivity contribution < 1.29 is 18.8 Å². The van der Waals surface area contributed by atoms with Crippen LogP contribution in [0.5, 0.6) is 0 Å². The van der Waals surface area contributed by atoms with Crippen LogP contribution in [-0.2, 0) is 14.4 Å². The predicted molar refractivity (Wildman–Crippen MR) is 103 cm³/mol. The zero-order chi connectivity index (χ0) is 19.8. The highest BCUT2D eigenvalue weighted by Crippen LogP contribution is 2.21. The summed E-state index contributed by atoms with van der Waals surface area (Å²) in [5.41, 5.74) is 1.22. The molecule has 0 saturated heterocycles. The molecule has 0 bridgehead atoms. The van der Waals surface area contributed by atoms with Crippen molar-refractivity contribution in [3.8, 4) is 0 Å². The molecule has 2 amide bonds. The first-order valence-corrected chi connectivity index (χ1v) is 8.97. The summed E-state index contributed by atoms with van der Waals surface area (Å²) in [6.07, 6.45) is 4.14. The molecule has 2 rings (SSSR count). The second kappa shape index (κ2) is 9.66. The highest BCUT2D eigenvalue weighted by Gasteiger charge is 2.19. The number of aryl methyl sites for hydroxylation is 1. The van der Waals surface area contributed by atoms with E-state index in [1.807, 2.05) is 6.92 Å². The normalized spacial score (nSPS) is 11.8. The number of unbranched alkanes of at least 4 members (excludes halogenated alkanes) is 3. The van der Waals surface area contributed by atoms with Crippen molar-refractivity contribution in [2.75, 3.05) is 5.32 Å². The van der Waals surface area contributed by atoms with Crippen LogP contribution >= 0.6 is 0 Å². The lowest BCUT2D eigenvalue weighted by molar-refractivity contribution is -0.125. The Hall–Kier alpha value is -2.96. The summed E-state index contributed by atoms with van der Waals surface area (Å²) in [6.45, 7) is 3.18. The summed E-state index contributed by atoms with van der Waals surface area (Å²) in [5.74, 6) is -0.627. The molecule has 1 aromatic heterocycles. The van der Waals surface area contributed by atoms with E-state index in [1.165, 1.54) is 13.0 Å². The first kappa shape index (κ1) is 20.4. The third-order valence-corrected chi connectivity index (χ3v) is 4.23. The van der Waals surface area contributed by atoms with E-state index < -0.39 is 11.7 Å². The minimum atomic E-state index is -0.668. The van der Waals surface area contributed by atoms with Crippen LogP contribution in [0.4, 0.5) is 5.69 Å². The maximum Gasteiger partial charge on any atom is 0.336 e. The fraction of sp³-hybridized carbons (Fsp3) is 0.400. The molecule has 0 aliphatic carbocycles. The quantitative estimate of drug-likeness (QED) is 0.400. The van der Waals surface area contributed by atoms with Crippen molar-refractivity contribution in [2.45, 2.75) is 52.0 Å². The average Bonchev–Trinajstić information content (AvgIpc) is 2.59. The number of hydrogen-bond donors (Lipinski definition) is 2. The lowest BCUT2D eigenvalue weighted by Gasteiger charge is -2.17. The molecular weight excluding hydrogens is 348 g/mol. The van der Waals surface area contributed by atoms with Crippen LogP contribution in [0, 0.1) is 6.92 Å². The molecule has 0 spiro atoms. The molecule has 1 aromatic carbocycles. The molecule has 2 aromatic rings. The molecular formula is C20H24N2O5. The molecule has 2 N–H and O–H groups in total. The van der Waals surface area contributed by atoms with E-state index in [4.69, 9.17) is 4.42 Å². The van der Waals surface area contributed by atoms with Crippen LogP contribution in [0.3, 0.4) is 0 Å². The number of nitrogens with one attached hydrogen (secondary N) is 2. The van der Waals surface area contributed by atoms with Crippen LogP contribution in [0.25, 0.3) is 11.0 Å². The number of anilines is 1. The Kier molecular flexibility index (Phi) is 7.28. The topological polar surface area (TPSA) is 105 Å². The second-order valence-electron chi connectivity index (χ2n) is 6.51. The molecule has 0 aliphatic heterocycles. The van der Waals surface area contributed by atoms with E-state index in [0.29, 0.717) is 24.1 Å². The molecule has 1 heterocycles. The molecule has 0 fully saturated rings. The van der Waals surface area contributed by atoms with Gasteiger partial charge in [-0.1, -0.05) is 12.8 Å². The summed E-state index contributed by atoms with van der Waals surface area (Å²) >= 11 is 0. The van der Waals surface area contributed by atoms with Gasteiger partial charge in [0.05, 0.1) is 0 Å². The van der Waals surface area contributed by atoms with Gasteiger partial charge in [0, 0.05) is 36.6 Å². The predicted octanol–water partition coefficient (Wildman–Crippen LogP) is 2.69. The van der Waals surface area contributed by atoms with Crippen LogP contribution in [0.15, 0.2) is 33.5 Å². The Labute approximate surface area is 157 Å². The van der Waals surface area contributed by atoms with Crippen molar-refractivity contribution in [1.29, 1.82) is 0 Å². The lowest BCUT2D eigenvalue weighted by atomic mass is 10.1. The molecule has 1 atom stereocenters. The van der Waals surface area contributed by atoms with Gasteiger partial charge < -0.3 is 19.8 Å². The van der Waals surface area contributed by atoms with Gasteiger partial charge in [0.15, 0.2) is 0 Å². The number of amides is 2. The van der Waals surface area contributed by atoms with Gasteiger partial charge in [0.25, 0.3) is 0 Å². The molecule has 144 valence electrons. The van der Waals surface area contributed by atoms with Gasteiger partial charge in [-0.05, 0) is 37.5 Å². The molecule has 7 nitrogen and oxygen atoms in total. The Balaban J connectivity index is 2.08. The van der Waals surface area contributed by atoms with Crippen molar-refractivity contribution >= 4 is 34.8 Å². The minimum Gasteiger partial charge on any atom is -0.423 e. The molecule has 0 unspecified atom stereocenters. The van der Waals surface area contributed by atoms with E-state index in [-0.39, 0.29) is 11.8 Å². The number of benzene rings is 1. The molecule has 0 aliphatic rings. The van der Waals surface area contributed by atoms with Gasteiger partial charge in [0.2, 0.25) is 11.8 Å². The summed E-state index contributed by atoms with van der Waals surface area (Å²) in [5, 5.41) is 6.20. The summed E-state index contributed by atoms with van der Waals surface area (Å²) in [4.78, 5) is 45.9. The molecule has 0 saturated carbocycles. The van der Waals surface area contributed by atoms with Gasteiger partial charge in [0.1, 0.15) is 17.9 Å². The molecule has 0 radical (unpaired) electrons. The third-order valence-electron chi connectivity index (χ3n) is 4.23. The summed E-state index contributed by atoms with van der Waals surface area (Å²) < 4.78 is 5.19. The largest absolute Gasteiger partial charge is 0.423 e. The average molecular weight is 372 g/mol. The number of fused-ring (bicyclic) bond motifs is 1. The number of rotatable bonds is 9. The first-order chi connectivity index (χ1) is 12.9. The second-order valence-corrected chi connectivity index (χ2v) is 6.51. The van der Waals surface area contributed by atoms with Crippen molar-refractivity contribution in [3.05, 3.63) is 40.2 Å². The monoisotopic (exact) mass is 372 g/mol. The zero-order valence-corrected chi connectivity index (χ0v) is 15.5. The van der Waals surface area contributed by atoms with Crippen molar-refractivity contribution in [2.24, 2.45) is 0 Å². The van der Waals surface area contributed by atoms with Crippen molar-refractivity contribution in [3.63, 3.8) is 0 Å². The van der Waals surface area contributed by atoms with Crippen LogP contribution in [0.1, 0.15) is 44.6 Å². The zero-order valence-electron chi connectivity index (χ0n) is 15.5. The summed E-state index contributed by atoms with van der Waals surface area (Å²) in [6, 6.07) is 5.84. The van der Waals surface area contributed by atoms with E-state index in [1.54, 1.807) is 18.2 Å². The Morgan fingerprint density at radius 2 is 1.96 bits per heavy atom. The van der Waals surface area contributed by atoms with Gasteiger partial charge in [-0.15, -0.1) is 0 Å². The molecule has 7 heteroatoms. The number of carbonyl (C=O) groups is 3.